The Morgan fingerprint density at radius 3 is 2.80 bits per heavy atom. The molecule has 0 spiro atoms. The Bertz CT molecular complexity index is 720. The Morgan fingerprint density at radius 2 is 2.00 bits per heavy atom. The minimum Gasteiger partial charge on any atom is -0.383 e. The minimum atomic E-state index is 0.590. The predicted octanol–water partition coefficient (Wildman–Crippen LogP) is 3.69. The number of anilines is 1. The molecule has 0 bridgehead atoms. The molecule has 4 heteroatoms. The largest absolute Gasteiger partial charge is 0.383 e. The lowest BCUT2D eigenvalue weighted by Crippen LogP contribution is -1.99. The van der Waals surface area contributed by atoms with E-state index in [-0.39, 0.29) is 0 Å². The highest BCUT2D eigenvalue weighted by Crippen LogP contribution is 2.24. The van der Waals surface area contributed by atoms with Crippen LogP contribution in [0.1, 0.15) is 16.1 Å². The maximum absolute atomic E-state index is 5.92. The normalized spacial score (nSPS) is 10.7. The minimum absolute atomic E-state index is 0.590. The number of hydrogen-bond donors (Lipinski definition) is 1. The summed E-state index contributed by atoms with van der Waals surface area (Å²) in [7, 11) is 0. The molecule has 0 amide bonds. The second-order valence-electron chi connectivity index (χ2n) is 4.73. The molecule has 2 aromatic heterocycles. The average Bonchev–Trinajstić information content (AvgIpc) is 2.92. The van der Waals surface area contributed by atoms with Gasteiger partial charge in [0.15, 0.2) is 0 Å². The monoisotopic (exact) mass is 281 g/mol. The molecular weight excluding hydrogens is 266 g/mol. The number of nitrogens with two attached hydrogens (primary N) is 1. The summed E-state index contributed by atoms with van der Waals surface area (Å²) in [5.74, 6) is 0.590. The molecule has 0 saturated carbocycles. The first-order valence-electron chi connectivity index (χ1n) is 6.43. The molecule has 3 nitrogen and oxygen atoms in total. The molecule has 2 heterocycles. The molecule has 2 N–H and O–H groups in total. The number of pyridine rings is 1. The molecule has 1 aromatic carbocycles. The summed E-state index contributed by atoms with van der Waals surface area (Å²) in [6.45, 7) is 2.02. The van der Waals surface area contributed by atoms with Crippen LogP contribution in [0, 0.1) is 6.92 Å². The molecule has 0 unspecified atom stereocenters. The van der Waals surface area contributed by atoms with Crippen LogP contribution in [0.25, 0.3) is 11.3 Å². The summed E-state index contributed by atoms with van der Waals surface area (Å²) in [6.07, 6.45) is 2.52. The SMILES string of the molecule is Cc1cnc(N)c(Cc2nc(-c3ccccc3)cs2)c1. The predicted molar refractivity (Wildman–Crippen MR) is 83.7 cm³/mol. The van der Waals surface area contributed by atoms with Gasteiger partial charge < -0.3 is 5.73 Å². The van der Waals surface area contributed by atoms with E-state index >= 15 is 0 Å². The Hall–Kier alpha value is -2.20. The topological polar surface area (TPSA) is 51.8 Å². The van der Waals surface area contributed by atoms with Crippen LogP contribution in [0.5, 0.6) is 0 Å². The molecule has 3 rings (SSSR count). The van der Waals surface area contributed by atoms with Crippen LogP contribution in [0.2, 0.25) is 0 Å². The zero-order chi connectivity index (χ0) is 13.9. The van der Waals surface area contributed by atoms with Gasteiger partial charge in [-0.05, 0) is 12.5 Å². The number of aromatic nitrogens is 2. The highest BCUT2D eigenvalue weighted by Gasteiger charge is 2.08. The molecule has 0 aliphatic heterocycles. The van der Waals surface area contributed by atoms with Gasteiger partial charge in [0.25, 0.3) is 0 Å². The zero-order valence-electron chi connectivity index (χ0n) is 11.2. The third-order valence-electron chi connectivity index (χ3n) is 3.10. The van der Waals surface area contributed by atoms with Gasteiger partial charge in [-0.1, -0.05) is 36.4 Å². The van der Waals surface area contributed by atoms with Crippen molar-refractivity contribution >= 4 is 17.2 Å². The first kappa shape index (κ1) is 12.8. The summed E-state index contributed by atoms with van der Waals surface area (Å²) in [5, 5.41) is 3.15. The number of thiazole rings is 1. The van der Waals surface area contributed by atoms with Crippen molar-refractivity contribution in [2.24, 2.45) is 0 Å². The lowest BCUT2D eigenvalue weighted by molar-refractivity contribution is 1.11. The fourth-order valence-electron chi connectivity index (χ4n) is 2.08. The average molecular weight is 281 g/mol. The third kappa shape index (κ3) is 2.70. The molecule has 0 saturated heterocycles. The Labute approximate surface area is 122 Å². The maximum Gasteiger partial charge on any atom is 0.126 e. The van der Waals surface area contributed by atoms with E-state index in [2.05, 4.69) is 33.5 Å². The van der Waals surface area contributed by atoms with Gasteiger partial charge in [-0.25, -0.2) is 9.97 Å². The van der Waals surface area contributed by atoms with Gasteiger partial charge in [0.2, 0.25) is 0 Å². The van der Waals surface area contributed by atoms with Crippen molar-refractivity contribution in [2.45, 2.75) is 13.3 Å². The van der Waals surface area contributed by atoms with E-state index in [9.17, 15) is 0 Å². The third-order valence-corrected chi connectivity index (χ3v) is 3.95. The Morgan fingerprint density at radius 1 is 1.20 bits per heavy atom. The van der Waals surface area contributed by atoms with Crippen molar-refractivity contribution < 1.29 is 0 Å². The van der Waals surface area contributed by atoms with Crippen LogP contribution < -0.4 is 5.73 Å². The quantitative estimate of drug-likeness (QED) is 0.796. The van der Waals surface area contributed by atoms with E-state index in [0.29, 0.717) is 5.82 Å². The molecule has 20 heavy (non-hydrogen) atoms. The van der Waals surface area contributed by atoms with Crippen LogP contribution in [0.3, 0.4) is 0 Å². The first-order valence-corrected chi connectivity index (χ1v) is 7.31. The maximum atomic E-state index is 5.92. The van der Waals surface area contributed by atoms with Gasteiger partial charge in [-0.3, -0.25) is 0 Å². The molecule has 3 aromatic rings. The van der Waals surface area contributed by atoms with Crippen LogP contribution >= 0.6 is 11.3 Å². The summed E-state index contributed by atoms with van der Waals surface area (Å²) in [4.78, 5) is 8.88. The van der Waals surface area contributed by atoms with Crippen molar-refractivity contribution in [1.82, 2.24) is 9.97 Å². The van der Waals surface area contributed by atoms with E-state index in [1.54, 1.807) is 17.5 Å². The molecule has 0 fully saturated rings. The molecule has 100 valence electrons. The van der Waals surface area contributed by atoms with Crippen molar-refractivity contribution in [3.63, 3.8) is 0 Å². The van der Waals surface area contributed by atoms with Gasteiger partial charge in [0.05, 0.1) is 10.7 Å². The lowest BCUT2D eigenvalue weighted by Gasteiger charge is -2.03. The van der Waals surface area contributed by atoms with Gasteiger partial charge in [-0.2, -0.15) is 0 Å². The first-order chi connectivity index (χ1) is 9.72. The Kier molecular flexibility index (Phi) is 3.48. The van der Waals surface area contributed by atoms with Gasteiger partial charge in [0, 0.05) is 29.1 Å². The number of hydrogen-bond acceptors (Lipinski definition) is 4. The molecule has 0 aliphatic carbocycles. The Balaban J connectivity index is 1.86. The van der Waals surface area contributed by atoms with E-state index < -0.39 is 0 Å². The lowest BCUT2D eigenvalue weighted by atomic mass is 10.1. The summed E-state index contributed by atoms with van der Waals surface area (Å²) in [5.41, 5.74) is 10.2. The fraction of sp³-hybridized carbons (Fsp3) is 0.125. The smallest absolute Gasteiger partial charge is 0.126 e. The molecular formula is C16H15N3S. The van der Waals surface area contributed by atoms with Crippen molar-refractivity contribution in [3.8, 4) is 11.3 Å². The molecule has 0 atom stereocenters. The molecule has 0 radical (unpaired) electrons. The van der Waals surface area contributed by atoms with Crippen molar-refractivity contribution in [2.75, 3.05) is 5.73 Å². The standard InChI is InChI=1S/C16H15N3S/c1-11-7-13(16(17)18-9-11)8-15-19-14(10-20-15)12-5-3-2-4-6-12/h2-7,9-10H,8H2,1H3,(H2,17,18). The fourth-order valence-corrected chi connectivity index (χ4v) is 2.90. The van der Waals surface area contributed by atoms with Gasteiger partial charge in [-0.15, -0.1) is 11.3 Å². The number of aryl methyl sites for hydroxylation is 1. The number of nitrogens with zero attached hydrogens (tertiary/aromatic N) is 2. The van der Waals surface area contributed by atoms with Crippen LogP contribution in [0.15, 0.2) is 48.0 Å². The molecule has 0 aliphatic rings. The van der Waals surface area contributed by atoms with Crippen molar-refractivity contribution in [1.29, 1.82) is 0 Å². The number of benzene rings is 1. The highest BCUT2D eigenvalue weighted by molar-refractivity contribution is 7.10. The summed E-state index contributed by atoms with van der Waals surface area (Å²) in [6, 6.07) is 12.3. The van der Waals surface area contributed by atoms with Gasteiger partial charge in [0.1, 0.15) is 5.82 Å². The van der Waals surface area contributed by atoms with E-state index in [1.165, 1.54) is 0 Å². The van der Waals surface area contributed by atoms with E-state index in [4.69, 9.17) is 5.73 Å². The van der Waals surface area contributed by atoms with Gasteiger partial charge >= 0.3 is 0 Å². The summed E-state index contributed by atoms with van der Waals surface area (Å²) < 4.78 is 0. The van der Waals surface area contributed by atoms with Crippen molar-refractivity contribution in [3.05, 3.63) is 64.1 Å². The van der Waals surface area contributed by atoms with Crippen LogP contribution in [0.4, 0.5) is 5.82 Å². The van der Waals surface area contributed by atoms with E-state index in [1.807, 2.05) is 25.1 Å². The highest BCUT2D eigenvalue weighted by atomic mass is 32.1. The zero-order valence-corrected chi connectivity index (χ0v) is 12.0. The second-order valence-corrected chi connectivity index (χ2v) is 5.67. The van der Waals surface area contributed by atoms with E-state index in [0.717, 1.165) is 33.8 Å². The summed E-state index contributed by atoms with van der Waals surface area (Å²) >= 11 is 1.66. The second kappa shape index (κ2) is 5.43. The number of rotatable bonds is 3. The number of nitrogen functional groups attached to an aromatic ring is 1. The van der Waals surface area contributed by atoms with Crippen LogP contribution in [-0.4, -0.2) is 9.97 Å². The van der Waals surface area contributed by atoms with Crippen LogP contribution in [-0.2, 0) is 6.42 Å².